The molecule has 0 aromatic rings. The minimum absolute atomic E-state index is 0.327. The van der Waals surface area contributed by atoms with Crippen molar-refractivity contribution in [2.75, 3.05) is 26.2 Å². The predicted octanol–water partition coefficient (Wildman–Crippen LogP) is 5.68. The summed E-state index contributed by atoms with van der Waals surface area (Å²) in [5.41, 5.74) is 2.37. The van der Waals surface area contributed by atoms with Crippen LogP contribution in [0.5, 0.6) is 0 Å². The fourth-order valence-electron chi connectivity index (χ4n) is 4.65. The molecule has 24 heavy (non-hydrogen) atoms. The summed E-state index contributed by atoms with van der Waals surface area (Å²) in [5.74, 6) is 0.917. The number of piperidine rings is 1. The molecular formula is C22H41NO. The van der Waals surface area contributed by atoms with Gasteiger partial charge in [0.2, 0.25) is 0 Å². The Labute approximate surface area is 151 Å². The maximum absolute atomic E-state index is 6.19. The van der Waals surface area contributed by atoms with E-state index >= 15 is 0 Å². The Morgan fingerprint density at radius 1 is 1.08 bits per heavy atom. The van der Waals surface area contributed by atoms with Crippen LogP contribution in [0.3, 0.4) is 0 Å². The Balaban J connectivity index is 1.70. The number of allylic oxidation sites excluding steroid dienone is 1. The largest absolute Gasteiger partial charge is 0.377 e. The maximum atomic E-state index is 6.19. The van der Waals surface area contributed by atoms with Gasteiger partial charge in [-0.2, -0.15) is 0 Å². The van der Waals surface area contributed by atoms with Crippen molar-refractivity contribution in [3.05, 3.63) is 11.6 Å². The van der Waals surface area contributed by atoms with E-state index in [1.165, 1.54) is 45.2 Å². The highest BCUT2D eigenvalue weighted by atomic mass is 16.5. The summed E-state index contributed by atoms with van der Waals surface area (Å²) in [4.78, 5) is 2.58. The van der Waals surface area contributed by atoms with Crippen molar-refractivity contribution >= 4 is 0 Å². The smallest absolute Gasteiger partial charge is 0.0613 e. The molecule has 1 heterocycles. The fraction of sp³-hybridized carbons (Fsp3) is 0.909. The van der Waals surface area contributed by atoms with E-state index in [2.05, 4.69) is 52.5 Å². The van der Waals surface area contributed by atoms with Crippen molar-refractivity contribution in [2.24, 2.45) is 16.7 Å². The summed E-state index contributed by atoms with van der Waals surface area (Å²) in [7, 11) is 0. The van der Waals surface area contributed by atoms with Gasteiger partial charge in [-0.15, -0.1) is 0 Å². The van der Waals surface area contributed by atoms with Crippen LogP contribution in [0.25, 0.3) is 0 Å². The van der Waals surface area contributed by atoms with Gasteiger partial charge in [0, 0.05) is 6.54 Å². The summed E-state index contributed by atoms with van der Waals surface area (Å²) in [6, 6.07) is 0. The van der Waals surface area contributed by atoms with E-state index < -0.39 is 0 Å². The van der Waals surface area contributed by atoms with Gasteiger partial charge in [-0.1, -0.05) is 53.2 Å². The highest BCUT2D eigenvalue weighted by Crippen LogP contribution is 2.42. The lowest BCUT2D eigenvalue weighted by molar-refractivity contribution is 0.0251. The highest BCUT2D eigenvalue weighted by Gasteiger charge is 2.31. The normalized spacial score (nSPS) is 24.9. The van der Waals surface area contributed by atoms with Crippen molar-refractivity contribution in [3.8, 4) is 0 Å². The molecule has 0 aromatic carbocycles. The van der Waals surface area contributed by atoms with Crippen molar-refractivity contribution in [1.29, 1.82) is 0 Å². The third-order valence-corrected chi connectivity index (χ3v) is 5.84. The number of hydrogen-bond acceptors (Lipinski definition) is 2. The van der Waals surface area contributed by atoms with Crippen molar-refractivity contribution in [1.82, 2.24) is 4.90 Å². The second kappa shape index (κ2) is 8.36. The Bertz CT molecular complexity index is 410. The van der Waals surface area contributed by atoms with Gasteiger partial charge >= 0.3 is 0 Å². The average Bonchev–Trinajstić information content (AvgIpc) is 2.47. The SMILES string of the molecule is CC1CCN(CCOC2CC=C(C(C)(C)CC(C)(C)C)CC2)CC1. The first-order valence-electron chi connectivity index (χ1n) is 10.2. The second-order valence-corrected chi connectivity index (χ2v) is 10.1. The highest BCUT2D eigenvalue weighted by molar-refractivity contribution is 5.16. The Hall–Kier alpha value is -0.340. The summed E-state index contributed by atoms with van der Waals surface area (Å²) < 4.78 is 6.19. The molecule has 2 heteroatoms. The molecule has 0 saturated carbocycles. The van der Waals surface area contributed by atoms with Crippen LogP contribution in [0.15, 0.2) is 11.6 Å². The Kier molecular flexibility index (Phi) is 6.96. The molecule has 0 spiro atoms. The van der Waals surface area contributed by atoms with E-state index in [9.17, 15) is 0 Å². The van der Waals surface area contributed by atoms with E-state index in [4.69, 9.17) is 4.74 Å². The molecule has 1 atom stereocenters. The first kappa shape index (κ1) is 20.0. The molecule has 1 aliphatic carbocycles. The van der Waals surface area contributed by atoms with Crippen LogP contribution < -0.4 is 0 Å². The molecule has 0 amide bonds. The number of rotatable bonds is 6. The van der Waals surface area contributed by atoms with Crippen LogP contribution in [0, 0.1) is 16.7 Å². The van der Waals surface area contributed by atoms with Crippen LogP contribution in [-0.4, -0.2) is 37.2 Å². The van der Waals surface area contributed by atoms with Gasteiger partial charge in [-0.25, -0.2) is 0 Å². The van der Waals surface area contributed by atoms with Gasteiger partial charge in [0.05, 0.1) is 12.7 Å². The standard InChI is InChI=1S/C22H41NO/c1-18-11-13-23(14-12-18)15-16-24-20-9-7-19(8-10-20)22(5,6)17-21(2,3)4/h7,18,20H,8-17H2,1-6H3. The zero-order chi connectivity index (χ0) is 17.8. The molecule has 2 rings (SSSR count). The van der Waals surface area contributed by atoms with Gasteiger partial charge in [0.25, 0.3) is 0 Å². The number of hydrogen-bond donors (Lipinski definition) is 0. The maximum Gasteiger partial charge on any atom is 0.0613 e. The van der Waals surface area contributed by atoms with Crippen molar-refractivity contribution in [3.63, 3.8) is 0 Å². The lowest BCUT2D eigenvalue weighted by atomic mass is 9.69. The third-order valence-electron chi connectivity index (χ3n) is 5.84. The van der Waals surface area contributed by atoms with E-state index in [1.54, 1.807) is 5.57 Å². The van der Waals surface area contributed by atoms with E-state index in [-0.39, 0.29) is 0 Å². The summed E-state index contributed by atoms with van der Waals surface area (Å²) in [6.07, 6.45) is 10.4. The van der Waals surface area contributed by atoms with Crippen LogP contribution in [0.4, 0.5) is 0 Å². The summed E-state index contributed by atoms with van der Waals surface area (Å²) >= 11 is 0. The van der Waals surface area contributed by atoms with Crippen molar-refractivity contribution < 1.29 is 4.74 Å². The van der Waals surface area contributed by atoms with Crippen LogP contribution >= 0.6 is 0 Å². The zero-order valence-electron chi connectivity index (χ0n) is 17.2. The van der Waals surface area contributed by atoms with Crippen LogP contribution in [-0.2, 0) is 4.74 Å². The predicted molar refractivity (Wildman–Crippen MR) is 104 cm³/mol. The minimum Gasteiger partial charge on any atom is -0.377 e. The lowest BCUT2D eigenvalue weighted by Gasteiger charge is -2.37. The minimum atomic E-state index is 0.327. The van der Waals surface area contributed by atoms with Gasteiger partial charge < -0.3 is 9.64 Å². The molecular weight excluding hydrogens is 294 g/mol. The summed E-state index contributed by atoms with van der Waals surface area (Å²) in [5, 5.41) is 0. The van der Waals surface area contributed by atoms with Gasteiger partial charge in [0.15, 0.2) is 0 Å². The molecule has 0 radical (unpaired) electrons. The number of likely N-dealkylation sites (tertiary alicyclic amines) is 1. The number of nitrogens with zero attached hydrogens (tertiary/aromatic N) is 1. The first-order chi connectivity index (χ1) is 11.2. The van der Waals surface area contributed by atoms with Gasteiger partial charge in [-0.3, -0.25) is 0 Å². The molecule has 1 saturated heterocycles. The topological polar surface area (TPSA) is 12.5 Å². The molecule has 140 valence electrons. The third kappa shape index (κ3) is 6.52. The monoisotopic (exact) mass is 335 g/mol. The van der Waals surface area contributed by atoms with Crippen LogP contribution in [0.2, 0.25) is 0 Å². The molecule has 0 N–H and O–H groups in total. The summed E-state index contributed by atoms with van der Waals surface area (Å²) in [6.45, 7) is 18.8. The second-order valence-electron chi connectivity index (χ2n) is 10.1. The molecule has 1 fully saturated rings. The molecule has 1 aliphatic heterocycles. The lowest BCUT2D eigenvalue weighted by Crippen LogP contribution is -2.36. The van der Waals surface area contributed by atoms with Crippen LogP contribution in [0.1, 0.15) is 80.1 Å². The average molecular weight is 336 g/mol. The van der Waals surface area contributed by atoms with Gasteiger partial charge in [-0.05, 0) is 68.4 Å². The Morgan fingerprint density at radius 2 is 1.75 bits per heavy atom. The van der Waals surface area contributed by atoms with E-state index in [0.29, 0.717) is 16.9 Å². The zero-order valence-corrected chi connectivity index (χ0v) is 17.2. The molecule has 0 aromatic heterocycles. The van der Waals surface area contributed by atoms with E-state index in [1.807, 2.05) is 0 Å². The molecule has 2 nitrogen and oxygen atoms in total. The Morgan fingerprint density at radius 3 is 2.29 bits per heavy atom. The molecule has 2 aliphatic rings. The fourth-order valence-corrected chi connectivity index (χ4v) is 4.65. The van der Waals surface area contributed by atoms with Gasteiger partial charge in [0.1, 0.15) is 0 Å². The number of ether oxygens (including phenoxy) is 1. The van der Waals surface area contributed by atoms with Crippen molar-refractivity contribution in [2.45, 2.75) is 86.2 Å². The molecule has 1 unspecified atom stereocenters. The first-order valence-corrected chi connectivity index (χ1v) is 10.2. The van der Waals surface area contributed by atoms with E-state index in [0.717, 1.165) is 25.5 Å². The quantitative estimate of drug-likeness (QED) is 0.579. The molecule has 0 bridgehead atoms.